The van der Waals surface area contributed by atoms with Crippen molar-refractivity contribution in [1.82, 2.24) is 9.97 Å². The molecule has 8 heteroatoms. The van der Waals surface area contributed by atoms with Crippen LogP contribution in [0.4, 0.5) is 9.52 Å². The van der Waals surface area contributed by atoms with Crippen LogP contribution in [0.3, 0.4) is 0 Å². The van der Waals surface area contributed by atoms with E-state index in [9.17, 15) is 9.18 Å². The van der Waals surface area contributed by atoms with Crippen LogP contribution in [0.25, 0.3) is 10.2 Å². The largest absolute Gasteiger partial charge is 0.497 e. The van der Waals surface area contributed by atoms with Gasteiger partial charge in [0.1, 0.15) is 17.1 Å². The van der Waals surface area contributed by atoms with Crippen LogP contribution in [-0.2, 0) is 11.3 Å². The molecule has 152 valence electrons. The van der Waals surface area contributed by atoms with E-state index in [4.69, 9.17) is 4.74 Å². The molecule has 0 saturated heterocycles. The molecule has 0 atom stereocenters. The van der Waals surface area contributed by atoms with Gasteiger partial charge in [-0.25, -0.2) is 9.37 Å². The van der Waals surface area contributed by atoms with Crippen LogP contribution in [0.5, 0.6) is 5.75 Å². The Labute approximate surface area is 181 Å². The van der Waals surface area contributed by atoms with Gasteiger partial charge in [-0.3, -0.25) is 14.7 Å². The van der Waals surface area contributed by atoms with E-state index < -0.39 is 5.82 Å². The second-order valence-electron chi connectivity index (χ2n) is 6.35. The van der Waals surface area contributed by atoms with Gasteiger partial charge in [0, 0.05) is 11.1 Å². The molecule has 1 amide bonds. The normalized spacial score (nSPS) is 10.9. The number of carbonyl (C=O) groups is 1. The van der Waals surface area contributed by atoms with Gasteiger partial charge in [0.25, 0.3) is 0 Å². The van der Waals surface area contributed by atoms with Crippen molar-refractivity contribution < 1.29 is 13.9 Å². The lowest BCUT2D eigenvalue weighted by Gasteiger charge is -2.19. The number of fused-ring (bicyclic) bond motifs is 1. The highest BCUT2D eigenvalue weighted by Gasteiger charge is 2.21. The molecular formula is C22H18FN3O2S2. The maximum Gasteiger partial charge on any atom is 0.239 e. The van der Waals surface area contributed by atoms with Crippen LogP contribution in [0.15, 0.2) is 71.8 Å². The predicted molar refractivity (Wildman–Crippen MR) is 119 cm³/mol. The number of rotatable bonds is 7. The summed E-state index contributed by atoms with van der Waals surface area (Å²) in [7, 11) is 1.61. The molecule has 0 unspecified atom stereocenters. The number of amides is 1. The van der Waals surface area contributed by atoms with Gasteiger partial charge in [0.15, 0.2) is 5.13 Å². The number of hydrogen-bond donors (Lipinski definition) is 0. The monoisotopic (exact) mass is 439 g/mol. The molecule has 30 heavy (non-hydrogen) atoms. The molecular weight excluding hydrogens is 421 g/mol. The first-order valence-corrected chi connectivity index (χ1v) is 11.0. The van der Waals surface area contributed by atoms with Crippen molar-refractivity contribution in [2.75, 3.05) is 17.8 Å². The molecule has 2 aromatic carbocycles. The summed E-state index contributed by atoms with van der Waals surface area (Å²) in [5.74, 6) is 0.463. The highest BCUT2D eigenvalue weighted by atomic mass is 32.2. The number of pyridine rings is 1. The number of ether oxygens (including phenoxy) is 1. The molecule has 0 N–H and O–H groups in total. The van der Waals surface area contributed by atoms with Crippen LogP contribution < -0.4 is 9.64 Å². The number of benzene rings is 2. The van der Waals surface area contributed by atoms with Crippen molar-refractivity contribution in [3.63, 3.8) is 0 Å². The third kappa shape index (κ3) is 4.60. The van der Waals surface area contributed by atoms with Crippen LogP contribution in [0.2, 0.25) is 0 Å². The average molecular weight is 440 g/mol. The van der Waals surface area contributed by atoms with Gasteiger partial charge in [0.05, 0.1) is 29.8 Å². The Morgan fingerprint density at radius 1 is 1.13 bits per heavy atom. The second-order valence-corrected chi connectivity index (χ2v) is 8.41. The lowest BCUT2D eigenvalue weighted by Crippen LogP contribution is -2.32. The highest BCUT2D eigenvalue weighted by molar-refractivity contribution is 8.00. The van der Waals surface area contributed by atoms with E-state index in [1.807, 2.05) is 42.5 Å². The SMILES string of the molecule is COc1ccc(SCC(=O)N(Cc2ccccn2)c2nc3c(F)cccc3s2)cc1. The zero-order valence-electron chi connectivity index (χ0n) is 16.1. The molecule has 0 aliphatic carbocycles. The standard InChI is InChI=1S/C22H18FN3O2S2/c1-28-16-8-10-17(11-9-16)29-14-20(27)26(13-15-5-2-3-12-24-15)22-25-21-18(23)6-4-7-19(21)30-22/h2-12H,13-14H2,1H3. The molecule has 0 aliphatic heterocycles. The zero-order valence-corrected chi connectivity index (χ0v) is 17.8. The predicted octanol–water partition coefficient (Wildman–Crippen LogP) is 5.16. The third-order valence-electron chi connectivity index (χ3n) is 4.36. The first kappa shape index (κ1) is 20.3. The molecule has 5 nitrogen and oxygen atoms in total. The minimum Gasteiger partial charge on any atom is -0.497 e. The van der Waals surface area contributed by atoms with Crippen LogP contribution in [0.1, 0.15) is 5.69 Å². The van der Waals surface area contributed by atoms with Gasteiger partial charge < -0.3 is 4.74 Å². The number of methoxy groups -OCH3 is 1. The Hall–Kier alpha value is -2.97. The molecule has 0 aliphatic rings. The number of anilines is 1. The molecule has 0 fully saturated rings. The van der Waals surface area contributed by atoms with Crippen LogP contribution in [0, 0.1) is 5.82 Å². The summed E-state index contributed by atoms with van der Waals surface area (Å²) in [6.07, 6.45) is 1.68. The molecule has 4 aromatic rings. The Morgan fingerprint density at radius 2 is 1.97 bits per heavy atom. The molecule has 0 saturated carbocycles. The van der Waals surface area contributed by atoms with Crippen molar-refractivity contribution in [1.29, 1.82) is 0 Å². The molecule has 2 heterocycles. The van der Waals surface area contributed by atoms with Crippen molar-refractivity contribution in [2.24, 2.45) is 0 Å². The van der Waals surface area contributed by atoms with E-state index in [0.29, 0.717) is 9.83 Å². The van der Waals surface area contributed by atoms with Crippen molar-refractivity contribution in [3.05, 3.63) is 78.4 Å². The number of thiazole rings is 1. The van der Waals surface area contributed by atoms with Crippen LogP contribution >= 0.6 is 23.1 Å². The maximum atomic E-state index is 14.1. The Kier molecular flexibility index (Phi) is 6.25. The van der Waals surface area contributed by atoms with Gasteiger partial charge >= 0.3 is 0 Å². The molecule has 0 radical (unpaired) electrons. The fourth-order valence-electron chi connectivity index (χ4n) is 2.83. The summed E-state index contributed by atoms with van der Waals surface area (Å²) in [6, 6.07) is 17.9. The quantitative estimate of drug-likeness (QED) is 0.372. The van der Waals surface area contributed by atoms with Crippen molar-refractivity contribution in [2.45, 2.75) is 11.4 Å². The fraction of sp³-hybridized carbons (Fsp3) is 0.136. The van der Waals surface area contributed by atoms with Gasteiger partial charge in [-0.05, 0) is 48.5 Å². The fourth-order valence-corrected chi connectivity index (χ4v) is 4.60. The number of thioether (sulfide) groups is 1. The molecule has 2 aromatic heterocycles. The van der Waals surface area contributed by atoms with E-state index in [1.54, 1.807) is 30.3 Å². The average Bonchev–Trinajstić information content (AvgIpc) is 3.22. The summed E-state index contributed by atoms with van der Waals surface area (Å²) >= 11 is 2.72. The lowest BCUT2D eigenvalue weighted by atomic mass is 10.3. The van der Waals surface area contributed by atoms with Gasteiger partial charge in [0.2, 0.25) is 5.91 Å². The lowest BCUT2D eigenvalue weighted by molar-refractivity contribution is -0.116. The van der Waals surface area contributed by atoms with E-state index in [-0.39, 0.29) is 23.7 Å². The Morgan fingerprint density at radius 3 is 2.67 bits per heavy atom. The first-order chi connectivity index (χ1) is 14.6. The number of aromatic nitrogens is 2. The van der Waals surface area contributed by atoms with E-state index in [0.717, 1.165) is 16.3 Å². The van der Waals surface area contributed by atoms with Gasteiger partial charge in [-0.1, -0.05) is 23.5 Å². The number of carbonyl (C=O) groups excluding carboxylic acids is 1. The zero-order chi connectivity index (χ0) is 20.9. The first-order valence-electron chi connectivity index (χ1n) is 9.16. The summed E-state index contributed by atoms with van der Waals surface area (Å²) in [5, 5.41) is 0.459. The van der Waals surface area contributed by atoms with Crippen molar-refractivity contribution in [3.8, 4) is 5.75 Å². The summed E-state index contributed by atoms with van der Waals surface area (Å²) in [6.45, 7) is 0.268. The van der Waals surface area contributed by atoms with Gasteiger partial charge in [-0.2, -0.15) is 0 Å². The number of halogens is 1. The smallest absolute Gasteiger partial charge is 0.239 e. The maximum absolute atomic E-state index is 14.1. The topological polar surface area (TPSA) is 55.3 Å². The van der Waals surface area contributed by atoms with Crippen LogP contribution in [-0.4, -0.2) is 28.7 Å². The number of para-hydroxylation sites is 1. The van der Waals surface area contributed by atoms with Crippen molar-refractivity contribution >= 4 is 44.4 Å². The molecule has 4 rings (SSSR count). The number of hydrogen-bond acceptors (Lipinski definition) is 6. The second kappa shape index (κ2) is 9.23. The van der Waals surface area contributed by atoms with E-state index in [1.165, 1.54) is 29.2 Å². The Bertz CT molecular complexity index is 1150. The summed E-state index contributed by atoms with van der Waals surface area (Å²) < 4.78 is 20.0. The third-order valence-corrected chi connectivity index (χ3v) is 6.40. The minimum atomic E-state index is -0.396. The summed E-state index contributed by atoms with van der Waals surface area (Å²) in [4.78, 5) is 24.4. The minimum absolute atomic E-state index is 0.124. The highest BCUT2D eigenvalue weighted by Crippen LogP contribution is 2.32. The molecule has 0 bridgehead atoms. The van der Waals surface area contributed by atoms with E-state index >= 15 is 0 Å². The van der Waals surface area contributed by atoms with E-state index in [2.05, 4.69) is 9.97 Å². The summed E-state index contributed by atoms with van der Waals surface area (Å²) in [5.41, 5.74) is 1.01. The Balaban J connectivity index is 1.58. The van der Waals surface area contributed by atoms with Gasteiger partial charge in [-0.15, -0.1) is 11.8 Å². The molecule has 0 spiro atoms. The number of nitrogens with zero attached hydrogens (tertiary/aromatic N) is 3.